The lowest BCUT2D eigenvalue weighted by Gasteiger charge is -2.27. The molecule has 0 aliphatic heterocycles. The van der Waals surface area contributed by atoms with Crippen molar-refractivity contribution in [3.63, 3.8) is 0 Å². The van der Waals surface area contributed by atoms with Crippen LogP contribution in [-0.4, -0.2) is 33.1 Å². The summed E-state index contributed by atoms with van der Waals surface area (Å²) in [5.41, 5.74) is 0.707. The fourth-order valence-corrected chi connectivity index (χ4v) is 4.04. The maximum atomic E-state index is 11.3. The third kappa shape index (κ3) is 5.77. The molecule has 0 radical (unpaired) electrons. The Hall–Kier alpha value is -1.97. The molecule has 1 aliphatic carbocycles. The monoisotopic (exact) mass is 483 g/mol. The zero-order valence-corrected chi connectivity index (χ0v) is 18.1. The van der Waals surface area contributed by atoms with E-state index < -0.39 is 4.92 Å². The van der Waals surface area contributed by atoms with Crippen LogP contribution in [0.15, 0.2) is 28.9 Å². The number of aliphatic hydroxyl groups is 1. The average molecular weight is 485 g/mol. The van der Waals surface area contributed by atoms with Gasteiger partial charge in [0.05, 0.1) is 9.95 Å². The Labute approximate surface area is 182 Å². The number of hydrogen-bond donors (Lipinski definition) is 3. The topological polar surface area (TPSA) is 113 Å². The van der Waals surface area contributed by atoms with Crippen molar-refractivity contribution in [2.24, 2.45) is 11.8 Å². The Morgan fingerprint density at radius 3 is 2.66 bits per heavy atom. The van der Waals surface area contributed by atoms with Gasteiger partial charge in [-0.25, -0.2) is 4.98 Å². The molecule has 0 bridgehead atoms. The molecule has 156 valence electrons. The number of anilines is 2. The lowest BCUT2D eigenvalue weighted by Crippen LogP contribution is -2.23. The van der Waals surface area contributed by atoms with Crippen LogP contribution >= 0.6 is 27.5 Å². The van der Waals surface area contributed by atoms with E-state index in [0.717, 1.165) is 35.7 Å². The fourth-order valence-electron chi connectivity index (χ4n) is 3.44. The highest BCUT2D eigenvalue weighted by Gasteiger charge is 2.23. The van der Waals surface area contributed by atoms with Crippen molar-refractivity contribution in [2.45, 2.75) is 32.2 Å². The van der Waals surface area contributed by atoms with Gasteiger partial charge in [0.2, 0.25) is 11.8 Å². The van der Waals surface area contributed by atoms with Crippen LogP contribution in [0.3, 0.4) is 0 Å². The van der Waals surface area contributed by atoms with Crippen molar-refractivity contribution < 1.29 is 10.0 Å². The lowest BCUT2D eigenvalue weighted by atomic mass is 9.82. The molecule has 1 aromatic heterocycles. The van der Waals surface area contributed by atoms with E-state index in [9.17, 15) is 15.2 Å². The number of aromatic nitrogens is 2. The van der Waals surface area contributed by atoms with Gasteiger partial charge in [-0.15, -0.1) is 0 Å². The van der Waals surface area contributed by atoms with E-state index in [1.807, 2.05) is 18.2 Å². The van der Waals surface area contributed by atoms with Crippen LogP contribution in [-0.2, 0) is 6.54 Å². The third-order valence-electron chi connectivity index (χ3n) is 5.22. The number of nitrogens with one attached hydrogen (secondary N) is 2. The highest BCUT2D eigenvalue weighted by molar-refractivity contribution is 9.10. The first kappa shape index (κ1) is 21.7. The van der Waals surface area contributed by atoms with Crippen LogP contribution < -0.4 is 10.6 Å². The second kappa shape index (κ2) is 10.2. The summed E-state index contributed by atoms with van der Waals surface area (Å²) in [6, 6.07) is 5.61. The van der Waals surface area contributed by atoms with E-state index >= 15 is 0 Å². The minimum atomic E-state index is -0.486. The lowest BCUT2D eigenvalue weighted by molar-refractivity contribution is -0.384. The molecule has 0 atom stereocenters. The van der Waals surface area contributed by atoms with Crippen molar-refractivity contribution >= 4 is 45.0 Å². The maximum Gasteiger partial charge on any atom is 0.329 e. The van der Waals surface area contributed by atoms with Gasteiger partial charge in [0, 0.05) is 24.2 Å². The first-order valence-corrected chi connectivity index (χ1v) is 10.7. The second-order valence-electron chi connectivity index (χ2n) is 7.20. The van der Waals surface area contributed by atoms with Gasteiger partial charge >= 0.3 is 5.69 Å². The minimum Gasteiger partial charge on any atom is -0.396 e. The Morgan fingerprint density at radius 2 is 1.97 bits per heavy atom. The Morgan fingerprint density at radius 1 is 1.24 bits per heavy atom. The number of rotatable bonds is 8. The van der Waals surface area contributed by atoms with Gasteiger partial charge in [-0.05, 0) is 65.1 Å². The summed E-state index contributed by atoms with van der Waals surface area (Å²) < 4.78 is 0.793. The van der Waals surface area contributed by atoms with Crippen molar-refractivity contribution in [2.75, 3.05) is 23.8 Å². The quantitative estimate of drug-likeness (QED) is 0.370. The van der Waals surface area contributed by atoms with Crippen LogP contribution in [0.1, 0.15) is 31.2 Å². The Bertz CT molecular complexity index is 862. The second-order valence-corrected chi connectivity index (χ2v) is 8.43. The molecular weight excluding hydrogens is 462 g/mol. The first-order chi connectivity index (χ1) is 14.0. The summed E-state index contributed by atoms with van der Waals surface area (Å²) >= 11 is 9.66. The zero-order valence-electron chi connectivity index (χ0n) is 15.8. The molecule has 29 heavy (non-hydrogen) atoms. The smallest absolute Gasteiger partial charge is 0.329 e. The predicted molar refractivity (Wildman–Crippen MR) is 116 cm³/mol. The normalized spacial score (nSPS) is 19.0. The molecule has 1 aliphatic rings. The minimum absolute atomic E-state index is 0.153. The molecule has 0 unspecified atom stereocenters. The van der Waals surface area contributed by atoms with Crippen LogP contribution in [0.2, 0.25) is 5.02 Å². The molecule has 1 aromatic carbocycles. The summed E-state index contributed by atoms with van der Waals surface area (Å²) in [5, 5.41) is 27.4. The number of halogens is 2. The van der Waals surface area contributed by atoms with E-state index in [1.54, 1.807) is 0 Å². The molecule has 0 saturated heterocycles. The van der Waals surface area contributed by atoms with Gasteiger partial charge < -0.3 is 15.7 Å². The van der Waals surface area contributed by atoms with E-state index in [4.69, 9.17) is 11.6 Å². The molecule has 1 saturated carbocycles. The van der Waals surface area contributed by atoms with Crippen molar-refractivity contribution in [3.05, 3.63) is 49.6 Å². The predicted octanol–water partition coefficient (Wildman–Crippen LogP) is 4.62. The molecule has 2 aromatic rings. The van der Waals surface area contributed by atoms with Crippen molar-refractivity contribution in [3.8, 4) is 0 Å². The van der Waals surface area contributed by atoms with Crippen molar-refractivity contribution in [1.29, 1.82) is 0 Å². The average Bonchev–Trinajstić information content (AvgIpc) is 2.73. The van der Waals surface area contributed by atoms with Gasteiger partial charge in [-0.2, -0.15) is 4.98 Å². The molecule has 8 nitrogen and oxygen atoms in total. The fraction of sp³-hybridized carbons (Fsp3) is 0.474. The van der Waals surface area contributed by atoms with Crippen molar-refractivity contribution in [1.82, 2.24) is 9.97 Å². The van der Waals surface area contributed by atoms with Crippen LogP contribution in [0.4, 0.5) is 17.5 Å². The Kier molecular flexibility index (Phi) is 7.63. The van der Waals surface area contributed by atoms with E-state index in [2.05, 4.69) is 36.5 Å². The van der Waals surface area contributed by atoms with E-state index in [-0.39, 0.29) is 24.1 Å². The third-order valence-corrected chi connectivity index (χ3v) is 6.55. The van der Waals surface area contributed by atoms with Crippen LogP contribution in [0.25, 0.3) is 0 Å². The van der Waals surface area contributed by atoms with Gasteiger partial charge in [0.25, 0.3) is 0 Å². The molecule has 1 heterocycles. The van der Waals surface area contributed by atoms with Gasteiger partial charge in [-0.1, -0.05) is 23.7 Å². The number of aliphatic hydroxyl groups excluding tert-OH is 1. The highest BCUT2D eigenvalue weighted by atomic mass is 79.9. The summed E-state index contributed by atoms with van der Waals surface area (Å²) in [4.78, 5) is 19.2. The highest BCUT2D eigenvalue weighted by Crippen LogP contribution is 2.30. The van der Waals surface area contributed by atoms with Gasteiger partial charge in [0.1, 0.15) is 6.20 Å². The summed E-state index contributed by atoms with van der Waals surface area (Å²) in [6.07, 6.45) is 5.15. The molecule has 1 fully saturated rings. The SMILES string of the molecule is O=[N+]([O-])c1cnc(NCc2cccc(Br)c2Cl)nc1NCC1CCC(CO)CC1. The molecule has 0 spiro atoms. The van der Waals surface area contributed by atoms with E-state index in [0.29, 0.717) is 29.9 Å². The van der Waals surface area contributed by atoms with Crippen LogP contribution in [0, 0.1) is 22.0 Å². The molecular formula is C19H23BrClN5O3. The molecule has 3 rings (SSSR count). The number of nitrogens with zero attached hydrogens (tertiary/aromatic N) is 3. The largest absolute Gasteiger partial charge is 0.396 e. The summed E-state index contributed by atoms with van der Waals surface area (Å²) in [7, 11) is 0. The standard InChI is InChI=1S/C19H23BrClN5O3/c20-15-3-1-2-14(17(15)21)9-23-19-24-10-16(26(28)29)18(25-19)22-8-12-4-6-13(11-27)7-5-12/h1-3,10,12-13,27H,4-9,11H2,(H2,22,23,24,25). The molecule has 10 heteroatoms. The number of hydrogen-bond acceptors (Lipinski definition) is 7. The molecule has 0 amide bonds. The van der Waals surface area contributed by atoms with Gasteiger partial charge in [0.15, 0.2) is 0 Å². The number of benzene rings is 1. The van der Waals surface area contributed by atoms with E-state index in [1.165, 1.54) is 6.20 Å². The Balaban J connectivity index is 1.66. The molecule has 3 N–H and O–H groups in total. The first-order valence-electron chi connectivity index (χ1n) is 9.50. The van der Waals surface area contributed by atoms with Gasteiger partial charge in [-0.3, -0.25) is 10.1 Å². The van der Waals surface area contributed by atoms with Crippen LogP contribution in [0.5, 0.6) is 0 Å². The summed E-state index contributed by atoms with van der Waals surface area (Å²) in [5.74, 6) is 1.28. The number of nitro groups is 1. The summed E-state index contributed by atoms with van der Waals surface area (Å²) in [6.45, 7) is 1.22. The maximum absolute atomic E-state index is 11.3. The zero-order chi connectivity index (χ0) is 20.8.